The highest BCUT2D eigenvalue weighted by Gasteiger charge is 2.24. The number of ketones is 1. The highest BCUT2D eigenvalue weighted by molar-refractivity contribution is 7.87. The number of nitrogens with one attached hydrogen (secondary N) is 1. The molecule has 0 saturated carbocycles. The second-order valence-electron chi connectivity index (χ2n) is 5.59. The molecule has 0 aliphatic carbocycles. The first-order chi connectivity index (χ1) is 11.8. The molecule has 0 radical (unpaired) electrons. The molecule has 0 saturated heterocycles. The summed E-state index contributed by atoms with van der Waals surface area (Å²) in [5, 5.41) is 2.54. The van der Waals surface area contributed by atoms with Crippen molar-refractivity contribution < 1.29 is 26.9 Å². The zero-order valence-corrected chi connectivity index (χ0v) is 14.3. The Balaban J connectivity index is 1.97. The fourth-order valence-electron chi connectivity index (χ4n) is 2.38. The van der Waals surface area contributed by atoms with Gasteiger partial charge in [0.15, 0.2) is 18.1 Å². The van der Waals surface area contributed by atoms with Crippen LogP contribution < -0.4 is 14.2 Å². The maximum atomic E-state index is 12.5. The number of Topliss-reactive ketones (excluding diaryl/α,β-unsaturated/α-hetero) is 1. The summed E-state index contributed by atoms with van der Waals surface area (Å²) in [5.74, 6) is -0.352. The van der Waals surface area contributed by atoms with Gasteiger partial charge in [-0.05, 0) is 44.2 Å². The van der Waals surface area contributed by atoms with Gasteiger partial charge < -0.3 is 14.2 Å². The Morgan fingerprint density at radius 2 is 1.96 bits per heavy atom. The van der Waals surface area contributed by atoms with Crippen molar-refractivity contribution in [1.82, 2.24) is 0 Å². The van der Waals surface area contributed by atoms with Gasteiger partial charge >= 0.3 is 10.1 Å². The van der Waals surface area contributed by atoms with Crippen LogP contribution in [-0.2, 0) is 14.9 Å². The first-order valence-corrected chi connectivity index (χ1v) is 8.80. The van der Waals surface area contributed by atoms with Crippen LogP contribution in [-0.4, -0.2) is 26.7 Å². The minimum Gasteiger partial charge on any atom is -0.482 e. The molecule has 1 N–H and O–H groups in total. The minimum atomic E-state index is -4.19. The van der Waals surface area contributed by atoms with Gasteiger partial charge in [-0.15, -0.1) is 0 Å². The van der Waals surface area contributed by atoms with Gasteiger partial charge in [0, 0.05) is 0 Å². The molecule has 1 aliphatic rings. The number of benzene rings is 2. The molecule has 0 unspecified atom stereocenters. The summed E-state index contributed by atoms with van der Waals surface area (Å²) in [6.45, 7) is 3.00. The van der Waals surface area contributed by atoms with Crippen LogP contribution in [0.15, 0.2) is 41.3 Å². The highest BCUT2D eigenvalue weighted by Crippen LogP contribution is 2.32. The summed E-state index contributed by atoms with van der Waals surface area (Å²) in [4.78, 5) is 22.9. The second kappa shape index (κ2) is 6.21. The molecule has 1 aliphatic heterocycles. The smallest absolute Gasteiger partial charge is 0.339 e. The first kappa shape index (κ1) is 17.0. The van der Waals surface area contributed by atoms with Crippen molar-refractivity contribution in [3.05, 3.63) is 47.5 Å². The maximum absolute atomic E-state index is 12.5. The van der Waals surface area contributed by atoms with Crippen LogP contribution >= 0.6 is 0 Å². The highest BCUT2D eigenvalue weighted by atomic mass is 32.2. The molecule has 0 aromatic heterocycles. The van der Waals surface area contributed by atoms with Gasteiger partial charge in [0.25, 0.3) is 5.91 Å². The SMILES string of the molecule is CC(=O)c1cc(C)ccc1OS(=O)(=O)c1ccc2c(c1)NC(=O)CO2. The number of carbonyl (C=O) groups excluding carboxylic acids is 2. The van der Waals surface area contributed by atoms with Gasteiger partial charge in [-0.2, -0.15) is 8.42 Å². The van der Waals surface area contributed by atoms with E-state index in [0.29, 0.717) is 5.75 Å². The van der Waals surface area contributed by atoms with E-state index in [9.17, 15) is 18.0 Å². The van der Waals surface area contributed by atoms with Gasteiger partial charge in [-0.3, -0.25) is 9.59 Å². The summed E-state index contributed by atoms with van der Waals surface area (Å²) in [6.07, 6.45) is 0. The largest absolute Gasteiger partial charge is 0.482 e. The summed E-state index contributed by atoms with van der Waals surface area (Å²) in [6, 6.07) is 8.65. The molecule has 7 nitrogen and oxygen atoms in total. The number of hydrogen-bond donors (Lipinski definition) is 1. The van der Waals surface area contributed by atoms with Crippen molar-refractivity contribution in [2.45, 2.75) is 18.7 Å². The van der Waals surface area contributed by atoms with Crippen LogP contribution in [0.4, 0.5) is 5.69 Å². The van der Waals surface area contributed by atoms with E-state index in [1.807, 2.05) is 0 Å². The monoisotopic (exact) mass is 361 g/mol. The number of fused-ring (bicyclic) bond motifs is 1. The predicted octanol–water partition coefficient (Wildman–Crippen LogP) is 2.30. The van der Waals surface area contributed by atoms with Gasteiger partial charge in [0.2, 0.25) is 0 Å². The molecule has 1 heterocycles. The van der Waals surface area contributed by atoms with Crippen molar-refractivity contribution in [3.8, 4) is 11.5 Å². The van der Waals surface area contributed by atoms with E-state index in [-0.39, 0.29) is 40.2 Å². The standard InChI is InChI=1S/C17H15NO6S/c1-10-3-5-15(13(7-10)11(2)19)24-25(21,22)12-4-6-16-14(8-12)18-17(20)9-23-16/h3-8H,9H2,1-2H3,(H,18,20). The van der Waals surface area contributed by atoms with E-state index in [2.05, 4.69) is 5.32 Å². The van der Waals surface area contributed by atoms with Crippen LogP contribution in [0.5, 0.6) is 11.5 Å². The molecule has 8 heteroatoms. The topological polar surface area (TPSA) is 98.8 Å². The van der Waals surface area contributed by atoms with E-state index in [0.717, 1.165) is 5.56 Å². The molecule has 0 spiro atoms. The fraction of sp³-hybridized carbons (Fsp3) is 0.176. The lowest BCUT2D eigenvalue weighted by Crippen LogP contribution is -2.25. The Hall–Kier alpha value is -2.87. The van der Waals surface area contributed by atoms with E-state index in [1.54, 1.807) is 19.1 Å². The van der Waals surface area contributed by atoms with Crippen LogP contribution in [0.2, 0.25) is 0 Å². The van der Waals surface area contributed by atoms with Crippen molar-refractivity contribution in [2.75, 3.05) is 11.9 Å². The average molecular weight is 361 g/mol. The summed E-state index contributed by atoms with van der Waals surface area (Å²) in [7, 11) is -4.19. The van der Waals surface area contributed by atoms with Crippen LogP contribution in [0, 0.1) is 6.92 Å². The number of anilines is 1. The average Bonchev–Trinajstić information content (AvgIpc) is 2.55. The predicted molar refractivity (Wildman–Crippen MR) is 89.6 cm³/mol. The van der Waals surface area contributed by atoms with E-state index in [4.69, 9.17) is 8.92 Å². The van der Waals surface area contributed by atoms with Crippen molar-refractivity contribution >= 4 is 27.5 Å². The van der Waals surface area contributed by atoms with Gasteiger partial charge in [0.05, 0.1) is 11.3 Å². The Bertz CT molecular complexity index is 981. The van der Waals surface area contributed by atoms with Gasteiger partial charge in [0.1, 0.15) is 10.6 Å². The lowest BCUT2D eigenvalue weighted by Gasteiger charge is -2.18. The number of amides is 1. The molecule has 2 aromatic carbocycles. The molecule has 25 heavy (non-hydrogen) atoms. The van der Waals surface area contributed by atoms with Crippen LogP contribution in [0.1, 0.15) is 22.8 Å². The molecule has 2 aromatic rings. The Morgan fingerprint density at radius 1 is 1.20 bits per heavy atom. The molecule has 0 fully saturated rings. The van der Waals surface area contributed by atoms with Crippen molar-refractivity contribution in [1.29, 1.82) is 0 Å². The van der Waals surface area contributed by atoms with Gasteiger partial charge in [-0.25, -0.2) is 0 Å². The molecule has 1 amide bonds. The van der Waals surface area contributed by atoms with Crippen molar-refractivity contribution in [3.63, 3.8) is 0 Å². The Kier molecular flexibility index (Phi) is 4.22. The van der Waals surface area contributed by atoms with Crippen LogP contribution in [0.3, 0.4) is 0 Å². The fourth-order valence-corrected chi connectivity index (χ4v) is 3.35. The van der Waals surface area contributed by atoms with Crippen molar-refractivity contribution in [2.24, 2.45) is 0 Å². The van der Waals surface area contributed by atoms with E-state index < -0.39 is 10.1 Å². The molecular formula is C17H15NO6S. The third-order valence-electron chi connectivity index (χ3n) is 3.59. The zero-order chi connectivity index (χ0) is 18.2. The number of hydrogen-bond acceptors (Lipinski definition) is 6. The second-order valence-corrected chi connectivity index (χ2v) is 7.13. The normalized spacial score (nSPS) is 13.4. The van der Waals surface area contributed by atoms with E-state index >= 15 is 0 Å². The Morgan fingerprint density at radius 3 is 2.68 bits per heavy atom. The lowest BCUT2D eigenvalue weighted by atomic mass is 10.1. The summed E-state index contributed by atoms with van der Waals surface area (Å²) < 4.78 is 35.4. The third kappa shape index (κ3) is 3.48. The quantitative estimate of drug-likeness (QED) is 0.663. The summed E-state index contributed by atoms with van der Waals surface area (Å²) >= 11 is 0. The summed E-state index contributed by atoms with van der Waals surface area (Å²) in [5.41, 5.74) is 1.23. The third-order valence-corrected chi connectivity index (χ3v) is 4.82. The molecular weight excluding hydrogens is 346 g/mol. The zero-order valence-electron chi connectivity index (χ0n) is 13.5. The number of rotatable bonds is 4. The van der Waals surface area contributed by atoms with Gasteiger partial charge in [-0.1, -0.05) is 11.6 Å². The number of ether oxygens (including phenoxy) is 1. The Labute approximate surface area is 144 Å². The van der Waals surface area contributed by atoms with E-state index in [1.165, 1.54) is 31.2 Å². The number of carbonyl (C=O) groups is 2. The first-order valence-electron chi connectivity index (χ1n) is 7.39. The maximum Gasteiger partial charge on any atom is 0.339 e. The number of aryl methyl sites for hydroxylation is 1. The lowest BCUT2D eigenvalue weighted by molar-refractivity contribution is -0.118. The minimum absolute atomic E-state index is 0.0453. The molecule has 0 atom stereocenters. The molecule has 130 valence electrons. The van der Waals surface area contributed by atoms with Crippen LogP contribution in [0.25, 0.3) is 0 Å². The molecule has 3 rings (SSSR count). The molecule has 0 bridgehead atoms.